The maximum absolute atomic E-state index is 12.6. The van der Waals surface area contributed by atoms with Gasteiger partial charge in [-0.25, -0.2) is 4.79 Å². The van der Waals surface area contributed by atoms with E-state index in [1.807, 2.05) is 52.0 Å². The van der Waals surface area contributed by atoms with Crippen molar-refractivity contribution in [3.63, 3.8) is 0 Å². The molecule has 0 saturated carbocycles. The van der Waals surface area contributed by atoms with Gasteiger partial charge in [-0.3, -0.25) is 0 Å². The fourth-order valence-electron chi connectivity index (χ4n) is 2.52. The molecule has 0 fully saturated rings. The van der Waals surface area contributed by atoms with Crippen molar-refractivity contribution in [2.24, 2.45) is 5.92 Å². The summed E-state index contributed by atoms with van der Waals surface area (Å²) in [6.45, 7) is 8.68. The molecular weight excluding hydrogens is 324 g/mol. The molecule has 2 rings (SSSR count). The molecule has 24 heavy (non-hydrogen) atoms. The van der Waals surface area contributed by atoms with E-state index in [1.165, 1.54) is 0 Å². The normalized spacial score (nSPS) is 17.4. The molecule has 1 aliphatic rings. The highest BCUT2D eigenvalue weighted by Crippen LogP contribution is 2.33. The molecule has 0 saturated heterocycles. The quantitative estimate of drug-likeness (QED) is 0.609. The number of ether oxygens (including phenoxy) is 2. The summed E-state index contributed by atoms with van der Waals surface area (Å²) in [7, 11) is 0. The van der Waals surface area contributed by atoms with Gasteiger partial charge in [0.05, 0.1) is 24.8 Å². The Labute approximate surface area is 148 Å². The van der Waals surface area contributed by atoms with Crippen LogP contribution in [0.1, 0.15) is 39.3 Å². The highest BCUT2D eigenvalue weighted by molar-refractivity contribution is 7.80. The van der Waals surface area contributed by atoms with E-state index < -0.39 is 6.04 Å². The van der Waals surface area contributed by atoms with Gasteiger partial charge in [-0.2, -0.15) is 0 Å². The zero-order chi connectivity index (χ0) is 17.7. The SMILES string of the molecule is CCOc1ccccc1C1NC(=S)NC(C)=C1C(=O)OCC(C)C. The van der Waals surface area contributed by atoms with Crippen molar-refractivity contribution in [3.05, 3.63) is 41.1 Å². The van der Waals surface area contributed by atoms with Crippen molar-refractivity contribution in [2.75, 3.05) is 13.2 Å². The summed E-state index contributed by atoms with van der Waals surface area (Å²) in [6, 6.07) is 7.23. The second kappa shape index (κ2) is 8.15. The average Bonchev–Trinajstić information content (AvgIpc) is 2.52. The van der Waals surface area contributed by atoms with Crippen LogP contribution in [0.3, 0.4) is 0 Å². The Bertz CT molecular complexity index is 655. The van der Waals surface area contributed by atoms with Crippen LogP contribution in [0.25, 0.3) is 0 Å². The smallest absolute Gasteiger partial charge is 0.338 e. The Kier molecular flexibility index (Phi) is 6.20. The minimum Gasteiger partial charge on any atom is -0.494 e. The van der Waals surface area contributed by atoms with Crippen LogP contribution >= 0.6 is 12.2 Å². The third-order valence-corrected chi connectivity index (χ3v) is 3.79. The number of carbonyl (C=O) groups excluding carboxylic acids is 1. The molecule has 130 valence electrons. The summed E-state index contributed by atoms with van der Waals surface area (Å²) in [4.78, 5) is 12.6. The zero-order valence-corrected chi connectivity index (χ0v) is 15.3. The minimum atomic E-state index is -0.402. The summed E-state index contributed by atoms with van der Waals surface area (Å²) in [5, 5.41) is 6.65. The minimum absolute atomic E-state index is 0.273. The van der Waals surface area contributed by atoms with E-state index in [4.69, 9.17) is 21.7 Å². The second-order valence-electron chi connectivity index (χ2n) is 6.03. The predicted molar refractivity (Wildman–Crippen MR) is 97.7 cm³/mol. The number of thiocarbonyl (C=S) groups is 1. The zero-order valence-electron chi connectivity index (χ0n) is 14.5. The van der Waals surface area contributed by atoms with E-state index in [0.29, 0.717) is 29.6 Å². The van der Waals surface area contributed by atoms with Crippen molar-refractivity contribution in [2.45, 2.75) is 33.7 Å². The third-order valence-electron chi connectivity index (χ3n) is 3.57. The van der Waals surface area contributed by atoms with E-state index >= 15 is 0 Å². The van der Waals surface area contributed by atoms with E-state index in [-0.39, 0.29) is 11.9 Å². The fraction of sp³-hybridized carbons (Fsp3) is 0.444. The average molecular weight is 348 g/mol. The van der Waals surface area contributed by atoms with Crippen molar-refractivity contribution in [1.82, 2.24) is 10.6 Å². The number of carbonyl (C=O) groups is 1. The summed E-state index contributed by atoms with van der Waals surface area (Å²) in [5.41, 5.74) is 2.08. The van der Waals surface area contributed by atoms with Gasteiger partial charge in [0.25, 0.3) is 0 Å². The molecule has 6 heteroatoms. The molecule has 1 heterocycles. The van der Waals surface area contributed by atoms with Crippen LogP contribution in [-0.4, -0.2) is 24.3 Å². The van der Waals surface area contributed by atoms with Crippen LogP contribution in [0, 0.1) is 5.92 Å². The van der Waals surface area contributed by atoms with E-state index in [0.717, 1.165) is 11.3 Å². The van der Waals surface area contributed by atoms with Gasteiger partial charge in [0.1, 0.15) is 5.75 Å². The van der Waals surface area contributed by atoms with E-state index in [9.17, 15) is 4.79 Å². The number of hydrogen-bond donors (Lipinski definition) is 2. The van der Waals surface area contributed by atoms with Gasteiger partial charge in [-0.1, -0.05) is 32.0 Å². The first kappa shape index (κ1) is 18.3. The Hall–Kier alpha value is -2.08. The largest absolute Gasteiger partial charge is 0.494 e. The van der Waals surface area contributed by atoms with Gasteiger partial charge in [-0.15, -0.1) is 0 Å². The first-order valence-electron chi connectivity index (χ1n) is 8.11. The summed E-state index contributed by atoms with van der Waals surface area (Å²) >= 11 is 5.26. The first-order chi connectivity index (χ1) is 11.4. The van der Waals surface area contributed by atoms with Gasteiger partial charge in [-0.05, 0) is 38.0 Å². The van der Waals surface area contributed by atoms with Crippen molar-refractivity contribution < 1.29 is 14.3 Å². The Morgan fingerprint density at radius 2 is 2.04 bits per heavy atom. The number of nitrogens with one attached hydrogen (secondary N) is 2. The van der Waals surface area contributed by atoms with Gasteiger partial charge < -0.3 is 20.1 Å². The van der Waals surface area contributed by atoms with Crippen LogP contribution in [0.4, 0.5) is 0 Å². The van der Waals surface area contributed by atoms with Crippen LogP contribution in [0.2, 0.25) is 0 Å². The molecule has 2 N–H and O–H groups in total. The molecule has 1 aromatic rings. The Morgan fingerprint density at radius 3 is 2.71 bits per heavy atom. The topological polar surface area (TPSA) is 59.6 Å². The fourth-order valence-corrected chi connectivity index (χ4v) is 2.79. The lowest BCUT2D eigenvalue weighted by molar-refractivity contribution is -0.140. The Morgan fingerprint density at radius 1 is 1.33 bits per heavy atom. The highest BCUT2D eigenvalue weighted by Gasteiger charge is 2.32. The van der Waals surface area contributed by atoms with Crippen molar-refractivity contribution >= 4 is 23.3 Å². The molecule has 1 aromatic carbocycles. The molecule has 0 radical (unpaired) electrons. The monoisotopic (exact) mass is 348 g/mol. The molecule has 0 amide bonds. The summed E-state index contributed by atoms with van der Waals surface area (Å²) < 4.78 is 11.1. The molecule has 1 unspecified atom stereocenters. The molecule has 5 nitrogen and oxygen atoms in total. The van der Waals surface area contributed by atoms with Crippen molar-refractivity contribution in [3.8, 4) is 5.75 Å². The number of rotatable bonds is 6. The van der Waals surface area contributed by atoms with Crippen LogP contribution < -0.4 is 15.4 Å². The molecule has 0 spiro atoms. The van der Waals surface area contributed by atoms with Gasteiger partial charge in [0.15, 0.2) is 5.11 Å². The Balaban J connectivity index is 2.40. The van der Waals surface area contributed by atoms with Crippen LogP contribution in [0.5, 0.6) is 5.75 Å². The lowest BCUT2D eigenvalue weighted by Crippen LogP contribution is -2.45. The van der Waals surface area contributed by atoms with Gasteiger partial charge >= 0.3 is 5.97 Å². The van der Waals surface area contributed by atoms with Crippen LogP contribution in [-0.2, 0) is 9.53 Å². The third kappa shape index (κ3) is 4.26. The molecule has 1 aliphatic heterocycles. The molecule has 0 aliphatic carbocycles. The van der Waals surface area contributed by atoms with Gasteiger partial charge in [0.2, 0.25) is 0 Å². The highest BCUT2D eigenvalue weighted by atomic mass is 32.1. The number of esters is 1. The second-order valence-corrected chi connectivity index (χ2v) is 6.44. The maximum Gasteiger partial charge on any atom is 0.338 e. The summed E-state index contributed by atoms with van der Waals surface area (Å²) in [6.07, 6.45) is 0. The summed E-state index contributed by atoms with van der Waals surface area (Å²) in [5.74, 6) is 0.652. The standard InChI is InChI=1S/C18H24N2O3S/c1-5-22-14-9-7-6-8-13(14)16-15(12(4)19-18(24)20-16)17(21)23-10-11(2)3/h6-9,11,16H,5,10H2,1-4H3,(H2,19,20,24). The van der Waals surface area contributed by atoms with Crippen LogP contribution in [0.15, 0.2) is 35.5 Å². The molecule has 0 aromatic heterocycles. The molecule has 1 atom stereocenters. The first-order valence-corrected chi connectivity index (χ1v) is 8.52. The number of allylic oxidation sites excluding steroid dienone is 1. The lowest BCUT2D eigenvalue weighted by Gasteiger charge is -2.30. The van der Waals surface area contributed by atoms with Crippen molar-refractivity contribution in [1.29, 1.82) is 0 Å². The number of para-hydroxylation sites is 1. The molecule has 0 bridgehead atoms. The van der Waals surface area contributed by atoms with Gasteiger partial charge in [0, 0.05) is 11.3 Å². The molecular formula is C18H24N2O3S. The number of hydrogen-bond acceptors (Lipinski definition) is 4. The maximum atomic E-state index is 12.6. The predicted octanol–water partition coefficient (Wildman–Crippen LogP) is 3.08. The van der Waals surface area contributed by atoms with E-state index in [1.54, 1.807) is 0 Å². The number of benzene rings is 1. The van der Waals surface area contributed by atoms with E-state index in [2.05, 4.69) is 10.6 Å². The lowest BCUT2D eigenvalue weighted by atomic mass is 9.95.